The Hall–Kier alpha value is -3.78. The molecule has 0 spiro atoms. The Morgan fingerprint density at radius 1 is 1.32 bits per heavy atom. The van der Waals surface area contributed by atoms with Crippen molar-refractivity contribution in [2.24, 2.45) is 16.0 Å². The molecule has 0 unspecified atom stereocenters. The number of nitrogens with two attached hydrogens (primary N) is 2. The molecule has 1 saturated heterocycles. The number of aromatic nitrogens is 2. The van der Waals surface area contributed by atoms with E-state index in [9.17, 15) is 22.8 Å². The molecule has 14 heteroatoms. The van der Waals surface area contributed by atoms with E-state index in [2.05, 4.69) is 20.4 Å². The molecule has 34 heavy (non-hydrogen) atoms. The van der Waals surface area contributed by atoms with Crippen molar-refractivity contribution in [3.05, 3.63) is 48.0 Å². The Bertz CT molecular complexity index is 1150. The summed E-state index contributed by atoms with van der Waals surface area (Å²) in [6.45, 7) is 0.336. The highest BCUT2D eigenvalue weighted by atomic mass is 32.2. The molecule has 1 aromatic heterocycles. The Morgan fingerprint density at radius 3 is 2.68 bits per heavy atom. The Labute approximate surface area is 195 Å². The van der Waals surface area contributed by atoms with Gasteiger partial charge in [0.1, 0.15) is 24.9 Å². The van der Waals surface area contributed by atoms with Gasteiger partial charge in [0.2, 0.25) is 21.8 Å². The monoisotopic (exact) mass is 491 g/mol. The molecule has 6 N–H and O–H groups in total. The van der Waals surface area contributed by atoms with Crippen molar-refractivity contribution in [3.63, 3.8) is 0 Å². The zero-order valence-electron chi connectivity index (χ0n) is 18.1. The normalized spacial score (nSPS) is 17.0. The van der Waals surface area contributed by atoms with Crippen LogP contribution < -0.4 is 16.2 Å². The predicted octanol–water partition coefficient (Wildman–Crippen LogP) is -1.24. The third-order valence-corrected chi connectivity index (χ3v) is 6.11. The van der Waals surface area contributed by atoms with E-state index in [1.54, 1.807) is 0 Å². The first-order chi connectivity index (χ1) is 16.1. The number of aromatic amines is 1. The first-order valence-corrected chi connectivity index (χ1v) is 11.8. The number of benzene rings is 1. The van der Waals surface area contributed by atoms with Crippen LogP contribution in [-0.2, 0) is 42.3 Å². The highest BCUT2D eigenvalue weighted by Crippen LogP contribution is 2.19. The van der Waals surface area contributed by atoms with Crippen molar-refractivity contribution in [1.82, 2.24) is 20.2 Å². The topological polar surface area (TPSA) is 203 Å². The summed E-state index contributed by atoms with van der Waals surface area (Å²) >= 11 is 0. The van der Waals surface area contributed by atoms with Crippen LogP contribution in [0.5, 0.6) is 0 Å². The second-order valence-corrected chi connectivity index (χ2v) is 9.19. The van der Waals surface area contributed by atoms with Crippen LogP contribution >= 0.6 is 0 Å². The number of rotatable bonds is 10. The minimum Gasteiger partial charge on any atom is -0.391 e. The number of hydrogen-bond acceptors (Lipinski definition) is 8. The maximum Gasteiger partial charge on any atom is 0.266 e. The molecule has 3 rings (SSSR count). The largest absolute Gasteiger partial charge is 0.391 e. The number of imidazole rings is 1. The molecular weight excluding hydrogens is 466 g/mol. The van der Waals surface area contributed by atoms with Crippen molar-refractivity contribution < 1.29 is 27.6 Å². The van der Waals surface area contributed by atoms with E-state index in [0.29, 0.717) is 30.6 Å². The summed E-state index contributed by atoms with van der Waals surface area (Å²) in [5.74, 6) is -1.71. The van der Waals surface area contributed by atoms with Gasteiger partial charge in [0.05, 0.1) is 11.2 Å². The number of sulfonamides is 1. The molecule has 13 nitrogen and oxygen atoms in total. The Kier molecular flexibility index (Phi) is 7.96. The van der Waals surface area contributed by atoms with Crippen LogP contribution in [0.4, 0.5) is 0 Å². The maximum absolute atomic E-state index is 13.1. The second-order valence-electron chi connectivity index (χ2n) is 7.63. The molecule has 1 fully saturated rings. The Balaban J connectivity index is 1.59. The van der Waals surface area contributed by atoms with Crippen LogP contribution in [0.1, 0.15) is 24.1 Å². The summed E-state index contributed by atoms with van der Waals surface area (Å²) in [5, 5.41) is 11.2. The highest BCUT2D eigenvalue weighted by molar-refractivity contribution is 7.89. The van der Waals surface area contributed by atoms with E-state index in [1.807, 2.05) is 0 Å². The highest BCUT2D eigenvalue weighted by Gasteiger charge is 2.36. The van der Waals surface area contributed by atoms with Gasteiger partial charge in [0.15, 0.2) is 0 Å². The van der Waals surface area contributed by atoms with Crippen molar-refractivity contribution in [3.8, 4) is 0 Å². The lowest BCUT2D eigenvalue weighted by atomic mass is 10.1. The maximum atomic E-state index is 13.1. The quantitative estimate of drug-likeness (QED) is 0.235. The van der Waals surface area contributed by atoms with Gasteiger partial charge in [-0.3, -0.25) is 14.4 Å². The van der Waals surface area contributed by atoms with Gasteiger partial charge in [0.25, 0.3) is 5.91 Å². The Morgan fingerprint density at radius 2 is 2.06 bits per heavy atom. The smallest absolute Gasteiger partial charge is 0.266 e. The molecule has 2 atom stereocenters. The summed E-state index contributed by atoms with van der Waals surface area (Å²) in [6.07, 6.45) is 5.09. The number of likely N-dealkylation sites (tertiary alicyclic amines) is 1. The molecule has 3 amide bonds. The first-order valence-electron chi connectivity index (χ1n) is 10.3. The van der Waals surface area contributed by atoms with Gasteiger partial charge >= 0.3 is 0 Å². The summed E-state index contributed by atoms with van der Waals surface area (Å²) in [4.78, 5) is 50.3. The minimum atomic E-state index is -3.79. The van der Waals surface area contributed by atoms with E-state index >= 15 is 0 Å². The molecule has 182 valence electrons. The second kappa shape index (κ2) is 10.9. The number of hydrogen-bond donors (Lipinski definition) is 4. The number of amides is 3. The van der Waals surface area contributed by atoms with Gasteiger partial charge in [0, 0.05) is 24.9 Å². The average molecular weight is 492 g/mol. The molecular formula is C20H25N7O6S. The van der Waals surface area contributed by atoms with Crippen molar-refractivity contribution in [2.45, 2.75) is 42.8 Å². The fourth-order valence-electron chi connectivity index (χ4n) is 3.52. The number of primary amides is 1. The van der Waals surface area contributed by atoms with E-state index < -0.39 is 39.8 Å². The number of carbonyl (C=O) groups is 3. The van der Waals surface area contributed by atoms with Crippen LogP contribution in [0.15, 0.2) is 46.8 Å². The molecule has 0 radical (unpaired) electrons. The van der Waals surface area contributed by atoms with Crippen LogP contribution in [0.3, 0.4) is 0 Å². The first kappa shape index (κ1) is 24.9. The number of H-pyrrole nitrogens is 1. The van der Waals surface area contributed by atoms with Crippen molar-refractivity contribution >= 4 is 34.0 Å². The van der Waals surface area contributed by atoms with Crippen LogP contribution in [-0.4, -0.2) is 65.9 Å². The average Bonchev–Trinajstić information content (AvgIpc) is 3.48. The third kappa shape index (κ3) is 6.62. The fraction of sp³-hybridized carbons (Fsp3) is 0.350. The molecule has 0 saturated carbocycles. The summed E-state index contributed by atoms with van der Waals surface area (Å²) in [5.41, 5.74) is 6.63. The molecule has 0 bridgehead atoms. The SMILES string of the molecule is NC(=O)[C@H]1CCCN1C(=O)[C@@H](Cc1cnc[nH]1)NC(=O)/C=N/OCc1ccc(S(N)(=O)=O)cc1. The summed E-state index contributed by atoms with van der Waals surface area (Å²) in [6, 6.07) is 3.96. The predicted molar refractivity (Wildman–Crippen MR) is 119 cm³/mol. The van der Waals surface area contributed by atoms with Crippen molar-refractivity contribution in [2.75, 3.05) is 6.54 Å². The van der Waals surface area contributed by atoms with Crippen LogP contribution in [0, 0.1) is 0 Å². The molecule has 1 aromatic carbocycles. The van der Waals surface area contributed by atoms with Gasteiger partial charge in [-0.2, -0.15) is 0 Å². The van der Waals surface area contributed by atoms with E-state index in [1.165, 1.54) is 41.7 Å². The lowest BCUT2D eigenvalue weighted by molar-refractivity contribution is -0.140. The lowest BCUT2D eigenvalue weighted by Crippen LogP contribution is -2.53. The summed E-state index contributed by atoms with van der Waals surface area (Å²) < 4.78 is 22.5. The zero-order valence-corrected chi connectivity index (χ0v) is 18.9. The van der Waals surface area contributed by atoms with E-state index in [0.717, 1.165) is 6.21 Å². The number of carbonyl (C=O) groups excluding carboxylic acids is 3. The lowest BCUT2D eigenvalue weighted by Gasteiger charge is -2.27. The van der Waals surface area contributed by atoms with Gasteiger partial charge in [-0.1, -0.05) is 17.3 Å². The third-order valence-electron chi connectivity index (χ3n) is 5.19. The molecule has 1 aliphatic heterocycles. The fourth-order valence-corrected chi connectivity index (χ4v) is 4.04. The number of oxime groups is 1. The number of nitrogens with zero attached hydrogens (tertiary/aromatic N) is 3. The molecule has 2 aromatic rings. The van der Waals surface area contributed by atoms with Crippen LogP contribution in [0.2, 0.25) is 0 Å². The van der Waals surface area contributed by atoms with E-state index in [4.69, 9.17) is 15.7 Å². The van der Waals surface area contributed by atoms with E-state index in [-0.39, 0.29) is 17.9 Å². The molecule has 0 aliphatic carbocycles. The number of primary sulfonamides is 1. The van der Waals surface area contributed by atoms with Gasteiger partial charge in [-0.05, 0) is 30.5 Å². The number of nitrogens with one attached hydrogen (secondary N) is 2. The summed E-state index contributed by atoms with van der Waals surface area (Å²) in [7, 11) is -3.79. The van der Waals surface area contributed by atoms with Crippen molar-refractivity contribution in [1.29, 1.82) is 0 Å². The van der Waals surface area contributed by atoms with Gasteiger partial charge in [-0.25, -0.2) is 18.5 Å². The van der Waals surface area contributed by atoms with Gasteiger partial charge in [-0.15, -0.1) is 0 Å². The standard InChI is InChI=1S/C20H25N7O6S/c21-19(29)17-2-1-7-27(17)20(30)16(8-14-9-23-12-24-14)26-18(28)10-25-33-11-13-3-5-15(6-4-13)34(22,31)32/h3-6,9-10,12,16-17H,1-2,7-8,11H2,(H2,21,29)(H,23,24)(H,26,28)(H2,22,31,32)/b25-10+/t16-,17-/m1/s1. The zero-order chi connectivity index (χ0) is 24.7. The van der Waals surface area contributed by atoms with Crippen LogP contribution in [0.25, 0.3) is 0 Å². The van der Waals surface area contributed by atoms with Gasteiger partial charge < -0.3 is 25.8 Å². The molecule has 1 aliphatic rings. The minimum absolute atomic E-state index is 0.0285. The molecule has 2 heterocycles.